The molecule has 2 atom stereocenters. The highest BCUT2D eigenvalue weighted by Crippen LogP contribution is 2.24. The minimum atomic E-state index is -2.04. The lowest BCUT2D eigenvalue weighted by Crippen LogP contribution is -2.34. The summed E-state index contributed by atoms with van der Waals surface area (Å²) in [6.45, 7) is 1.87. The van der Waals surface area contributed by atoms with E-state index in [4.69, 9.17) is 27.9 Å². The minimum Gasteiger partial charge on any atom is -0.491 e. The van der Waals surface area contributed by atoms with Crippen LogP contribution in [-0.4, -0.2) is 48.8 Å². The van der Waals surface area contributed by atoms with Gasteiger partial charge in [0.15, 0.2) is 10.9 Å². The summed E-state index contributed by atoms with van der Waals surface area (Å²) in [4.78, 5) is 0. The van der Waals surface area contributed by atoms with Gasteiger partial charge in [-0.2, -0.15) is 4.36 Å². The van der Waals surface area contributed by atoms with E-state index in [0.717, 1.165) is 5.69 Å². The first kappa shape index (κ1) is 22.7. The molecule has 0 aliphatic heterocycles. The molecule has 0 fully saturated rings. The lowest BCUT2D eigenvalue weighted by Gasteiger charge is -2.14. The van der Waals surface area contributed by atoms with Crippen molar-refractivity contribution in [3.63, 3.8) is 0 Å². The molecule has 0 aliphatic rings. The molecule has 0 saturated heterocycles. The Bertz CT molecular complexity index is 830. The first-order valence-corrected chi connectivity index (χ1v) is 10.4. The first-order valence-electron chi connectivity index (χ1n) is 8.51. The maximum Gasteiger partial charge on any atom is 0.156 e. The molecule has 3 N–H and O–H groups in total. The van der Waals surface area contributed by atoms with Crippen molar-refractivity contribution in [3.05, 3.63) is 52.5 Å². The Morgan fingerprint density at radius 2 is 1.89 bits per heavy atom. The third kappa shape index (κ3) is 8.22. The van der Waals surface area contributed by atoms with Crippen molar-refractivity contribution >= 4 is 45.5 Å². The van der Waals surface area contributed by atoms with Crippen LogP contribution in [0.1, 0.15) is 0 Å². The summed E-state index contributed by atoms with van der Waals surface area (Å²) in [6.07, 6.45) is -0.655. The van der Waals surface area contributed by atoms with Gasteiger partial charge >= 0.3 is 0 Å². The van der Waals surface area contributed by atoms with E-state index < -0.39 is 17.0 Å². The molecule has 0 amide bonds. The van der Waals surface area contributed by atoms with Gasteiger partial charge in [0.2, 0.25) is 0 Å². The fourth-order valence-corrected chi connectivity index (χ4v) is 2.87. The molecule has 2 rings (SSSR count). The van der Waals surface area contributed by atoms with Gasteiger partial charge in [-0.1, -0.05) is 23.2 Å². The smallest absolute Gasteiger partial charge is 0.156 e. The Kier molecular flexibility index (Phi) is 9.83. The molecule has 2 unspecified atom stereocenters. The van der Waals surface area contributed by atoms with Crippen molar-refractivity contribution in [2.45, 2.75) is 6.10 Å². The van der Waals surface area contributed by atoms with E-state index in [1.807, 2.05) is 6.07 Å². The predicted molar refractivity (Wildman–Crippen MR) is 114 cm³/mol. The fourth-order valence-electron chi connectivity index (χ4n) is 2.17. The maximum absolute atomic E-state index is 11.2. The third-order valence-electron chi connectivity index (χ3n) is 3.56. The minimum absolute atomic E-state index is 0.149. The van der Waals surface area contributed by atoms with Crippen LogP contribution in [0.2, 0.25) is 10.0 Å². The van der Waals surface area contributed by atoms with E-state index in [-0.39, 0.29) is 6.61 Å². The van der Waals surface area contributed by atoms with Crippen molar-refractivity contribution in [2.24, 2.45) is 4.36 Å². The van der Waals surface area contributed by atoms with Crippen LogP contribution >= 0.6 is 23.2 Å². The number of benzene rings is 2. The standard InChI is InChI=1S/C18H23Cl2N3O4S/c1-26-28(25)23-13-2-5-16(6-3-13)27-12-15(24)11-21-8-9-22-14-4-7-17(19)18(20)10-14/h2-7,10,15,21-22,24,28H,8-9,11-12H2,1H3. The molecule has 0 aliphatic carbocycles. The van der Waals surface area contributed by atoms with Gasteiger partial charge in [0.1, 0.15) is 18.5 Å². The summed E-state index contributed by atoms with van der Waals surface area (Å²) in [5.74, 6) is 0.590. The molecule has 2 aromatic carbocycles. The Morgan fingerprint density at radius 3 is 2.57 bits per heavy atom. The Labute approximate surface area is 176 Å². The van der Waals surface area contributed by atoms with Crippen molar-refractivity contribution in [2.75, 3.05) is 38.7 Å². The van der Waals surface area contributed by atoms with E-state index >= 15 is 0 Å². The van der Waals surface area contributed by atoms with Gasteiger partial charge in [-0.25, -0.2) is 4.21 Å². The molecule has 2 aromatic rings. The molecule has 7 nitrogen and oxygen atoms in total. The van der Waals surface area contributed by atoms with Crippen LogP contribution in [0.5, 0.6) is 5.75 Å². The normalized spacial score (nSPS) is 13.3. The number of halogens is 2. The molecule has 0 spiro atoms. The zero-order valence-corrected chi connectivity index (χ0v) is 17.7. The summed E-state index contributed by atoms with van der Waals surface area (Å²) in [7, 11) is -0.711. The van der Waals surface area contributed by atoms with Crippen LogP contribution < -0.4 is 15.4 Å². The lowest BCUT2D eigenvalue weighted by molar-refractivity contribution is 0.107. The highest BCUT2D eigenvalue weighted by molar-refractivity contribution is 7.69. The summed E-state index contributed by atoms with van der Waals surface area (Å²) in [5.41, 5.74) is 1.41. The second-order valence-corrected chi connectivity index (χ2v) is 7.59. The maximum atomic E-state index is 11.2. The van der Waals surface area contributed by atoms with Crippen LogP contribution in [0, 0.1) is 0 Å². The summed E-state index contributed by atoms with van der Waals surface area (Å²) >= 11 is 11.8. The van der Waals surface area contributed by atoms with Crippen LogP contribution in [-0.2, 0) is 15.1 Å². The molecule has 28 heavy (non-hydrogen) atoms. The molecular weight excluding hydrogens is 425 g/mol. The molecule has 0 heterocycles. The number of thiol groups is 1. The van der Waals surface area contributed by atoms with Gasteiger partial charge in [0, 0.05) is 25.3 Å². The number of hydrogen-bond donors (Lipinski definition) is 4. The summed E-state index contributed by atoms with van der Waals surface area (Å²) in [6, 6.07) is 12.1. The lowest BCUT2D eigenvalue weighted by atomic mass is 10.3. The molecule has 0 bridgehead atoms. The summed E-state index contributed by atoms with van der Waals surface area (Å²) < 4.78 is 25.2. The second-order valence-electron chi connectivity index (χ2n) is 5.74. The number of anilines is 1. The van der Waals surface area contributed by atoms with Gasteiger partial charge in [0.05, 0.1) is 22.8 Å². The number of rotatable bonds is 11. The van der Waals surface area contributed by atoms with Gasteiger partial charge < -0.3 is 20.5 Å². The third-order valence-corrected chi connectivity index (χ3v) is 5.01. The van der Waals surface area contributed by atoms with E-state index in [9.17, 15) is 9.32 Å². The van der Waals surface area contributed by atoms with Crippen LogP contribution in [0.25, 0.3) is 0 Å². The number of hydrogen-bond acceptors (Lipinski definition) is 7. The number of nitrogens with one attached hydrogen (secondary N) is 2. The van der Waals surface area contributed by atoms with Crippen molar-refractivity contribution in [1.29, 1.82) is 0 Å². The van der Waals surface area contributed by atoms with Gasteiger partial charge in [-0.3, -0.25) is 4.18 Å². The van der Waals surface area contributed by atoms with E-state index in [0.29, 0.717) is 41.1 Å². The predicted octanol–water partition coefficient (Wildman–Crippen LogP) is 3.29. The Morgan fingerprint density at radius 1 is 1.14 bits per heavy atom. The van der Waals surface area contributed by atoms with E-state index in [2.05, 4.69) is 19.2 Å². The molecule has 0 saturated carbocycles. The van der Waals surface area contributed by atoms with Crippen molar-refractivity contribution < 1.29 is 18.2 Å². The van der Waals surface area contributed by atoms with Crippen LogP contribution in [0.4, 0.5) is 11.4 Å². The van der Waals surface area contributed by atoms with Gasteiger partial charge in [-0.15, -0.1) is 0 Å². The highest BCUT2D eigenvalue weighted by Gasteiger charge is 2.05. The second kappa shape index (κ2) is 12.1. The monoisotopic (exact) mass is 447 g/mol. The largest absolute Gasteiger partial charge is 0.491 e. The summed E-state index contributed by atoms with van der Waals surface area (Å²) in [5, 5.41) is 17.4. The van der Waals surface area contributed by atoms with Crippen molar-refractivity contribution in [1.82, 2.24) is 5.32 Å². The molecule has 154 valence electrons. The molecule has 0 aromatic heterocycles. The quantitative estimate of drug-likeness (QED) is 0.312. The first-order chi connectivity index (χ1) is 13.5. The van der Waals surface area contributed by atoms with Gasteiger partial charge in [-0.05, 0) is 42.5 Å². The average molecular weight is 448 g/mol. The fraction of sp³-hybridized carbons (Fsp3) is 0.333. The van der Waals surface area contributed by atoms with Crippen molar-refractivity contribution in [3.8, 4) is 5.75 Å². The average Bonchev–Trinajstić information content (AvgIpc) is 2.69. The Hall–Kier alpha value is -1.55. The molecule has 10 heteroatoms. The zero-order chi connectivity index (χ0) is 20.4. The van der Waals surface area contributed by atoms with E-state index in [1.165, 1.54) is 7.11 Å². The van der Waals surface area contributed by atoms with Gasteiger partial charge in [0.25, 0.3) is 0 Å². The Balaban J connectivity index is 1.62. The van der Waals surface area contributed by atoms with E-state index in [1.54, 1.807) is 36.4 Å². The highest BCUT2D eigenvalue weighted by atomic mass is 35.5. The topological polar surface area (TPSA) is 92.2 Å². The zero-order valence-electron chi connectivity index (χ0n) is 15.3. The number of aliphatic hydroxyl groups is 1. The SMILES string of the molecule is CO[SH](=O)=Nc1ccc(OCC(O)CNCCNc2ccc(Cl)c(Cl)c2)cc1. The number of nitrogens with zero attached hydrogens (tertiary/aromatic N) is 1. The number of aliphatic hydroxyl groups excluding tert-OH is 1. The number of ether oxygens (including phenoxy) is 1. The molecule has 0 radical (unpaired) electrons. The molecular formula is C18H23Cl2N3O4S. The van der Waals surface area contributed by atoms with Crippen LogP contribution in [0.15, 0.2) is 46.8 Å². The van der Waals surface area contributed by atoms with Crippen LogP contribution in [0.3, 0.4) is 0 Å².